The van der Waals surface area contributed by atoms with Gasteiger partial charge in [-0.05, 0) is 40.0 Å². The van der Waals surface area contributed by atoms with E-state index in [0.717, 1.165) is 0 Å². The zero-order valence-electron chi connectivity index (χ0n) is 12.6. The Morgan fingerprint density at radius 3 is 2.20 bits per heavy atom. The fourth-order valence-corrected chi connectivity index (χ4v) is 2.49. The molecule has 0 heterocycles. The fraction of sp³-hybridized carbons (Fsp3) is 0.786. The number of nitrogens with one attached hydrogen (secondary N) is 1. The molecule has 1 fully saturated rings. The van der Waals surface area contributed by atoms with Crippen molar-refractivity contribution < 1.29 is 19.5 Å². The average Bonchev–Trinajstić information content (AvgIpc) is 2.74. The van der Waals surface area contributed by atoms with Crippen LogP contribution < -0.4 is 5.32 Å². The predicted octanol–water partition coefficient (Wildman–Crippen LogP) is 0.860. The van der Waals surface area contributed by atoms with Crippen LogP contribution in [0.25, 0.3) is 0 Å². The zero-order chi connectivity index (χ0) is 15.5. The van der Waals surface area contributed by atoms with Gasteiger partial charge in [-0.25, -0.2) is 0 Å². The van der Waals surface area contributed by atoms with Crippen molar-refractivity contribution in [3.8, 4) is 0 Å². The summed E-state index contributed by atoms with van der Waals surface area (Å²) in [6.45, 7) is 5.63. The second kappa shape index (κ2) is 6.24. The van der Waals surface area contributed by atoms with Gasteiger partial charge < -0.3 is 15.3 Å². The predicted molar refractivity (Wildman–Crippen MR) is 74.0 cm³/mol. The minimum atomic E-state index is -0.839. The highest BCUT2D eigenvalue weighted by Crippen LogP contribution is 2.32. The Kier molecular flexibility index (Phi) is 5.14. The number of carboxylic acid groups (broad SMARTS) is 1. The summed E-state index contributed by atoms with van der Waals surface area (Å²) < 4.78 is 0. The maximum atomic E-state index is 12.2. The van der Waals surface area contributed by atoms with Crippen LogP contribution in [0.5, 0.6) is 0 Å². The van der Waals surface area contributed by atoms with Crippen molar-refractivity contribution in [2.75, 3.05) is 13.6 Å². The average molecular weight is 284 g/mol. The number of amides is 2. The maximum Gasteiger partial charge on any atom is 0.306 e. The lowest BCUT2D eigenvalue weighted by Gasteiger charge is -2.24. The standard InChI is InChI=1S/C14H24N2O4/c1-14(2,3)15-11(17)8-16(4)12(18)9-5-6-10(7-9)13(19)20/h9-10H,5-8H2,1-4H3,(H,15,17)(H,19,20)/t9-,10+/m1/s1. The molecule has 2 atom stereocenters. The number of aliphatic carboxylic acids is 1. The van der Waals surface area contributed by atoms with E-state index in [2.05, 4.69) is 5.32 Å². The minimum Gasteiger partial charge on any atom is -0.481 e. The lowest BCUT2D eigenvalue weighted by atomic mass is 10.0. The molecule has 1 aliphatic carbocycles. The highest BCUT2D eigenvalue weighted by atomic mass is 16.4. The van der Waals surface area contributed by atoms with E-state index in [1.54, 1.807) is 7.05 Å². The highest BCUT2D eigenvalue weighted by molar-refractivity contribution is 5.86. The largest absolute Gasteiger partial charge is 0.481 e. The van der Waals surface area contributed by atoms with E-state index < -0.39 is 11.9 Å². The van der Waals surface area contributed by atoms with Crippen molar-refractivity contribution in [3.63, 3.8) is 0 Å². The van der Waals surface area contributed by atoms with Gasteiger partial charge in [0.15, 0.2) is 0 Å². The number of nitrogens with zero attached hydrogens (tertiary/aromatic N) is 1. The Morgan fingerprint density at radius 2 is 1.75 bits per heavy atom. The topological polar surface area (TPSA) is 86.7 Å². The number of carboxylic acids is 1. The maximum absolute atomic E-state index is 12.2. The van der Waals surface area contributed by atoms with Crippen molar-refractivity contribution in [2.24, 2.45) is 11.8 Å². The van der Waals surface area contributed by atoms with Crippen LogP contribution in [0.4, 0.5) is 0 Å². The third kappa shape index (κ3) is 4.83. The Hall–Kier alpha value is -1.59. The van der Waals surface area contributed by atoms with Gasteiger partial charge in [0.25, 0.3) is 0 Å². The molecular formula is C14H24N2O4. The molecule has 2 amide bonds. The number of hydrogen-bond donors (Lipinski definition) is 2. The summed E-state index contributed by atoms with van der Waals surface area (Å²) >= 11 is 0. The van der Waals surface area contributed by atoms with Crippen LogP contribution in [0.15, 0.2) is 0 Å². The third-order valence-electron chi connectivity index (χ3n) is 3.40. The molecule has 1 rings (SSSR count). The molecule has 0 spiro atoms. The number of carbonyl (C=O) groups is 3. The van der Waals surface area contributed by atoms with E-state index in [1.807, 2.05) is 20.8 Å². The van der Waals surface area contributed by atoms with Crippen LogP contribution in [0.1, 0.15) is 40.0 Å². The van der Waals surface area contributed by atoms with Crippen LogP contribution in [0.3, 0.4) is 0 Å². The van der Waals surface area contributed by atoms with Gasteiger partial charge in [-0.2, -0.15) is 0 Å². The van der Waals surface area contributed by atoms with Crippen LogP contribution in [0, 0.1) is 11.8 Å². The lowest BCUT2D eigenvalue weighted by molar-refractivity contribution is -0.142. The first-order chi connectivity index (χ1) is 9.10. The normalized spacial score (nSPS) is 22.4. The van der Waals surface area contributed by atoms with Crippen molar-refractivity contribution in [3.05, 3.63) is 0 Å². The van der Waals surface area contributed by atoms with Gasteiger partial charge in [0.2, 0.25) is 11.8 Å². The molecule has 0 aromatic heterocycles. The van der Waals surface area contributed by atoms with Gasteiger partial charge in [0.05, 0.1) is 12.5 Å². The third-order valence-corrected chi connectivity index (χ3v) is 3.40. The molecule has 0 saturated heterocycles. The summed E-state index contributed by atoms with van der Waals surface area (Å²) in [5.41, 5.74) is -0.331. The van der Waals surface area contributed by atoms with E-state index in [4.69, 9.17) is 5.11 Å². The van der Waals surface area contributed by atoms with Gasteiger partial charge in [0.1, 0.15) is 0 Å². The zero-order valence-corrected chi connectivity index (χ0v) is 12.6. The molecule has 1 saturated carbocycles. The van der Waals surface area contributed by atoms with Crippen LogP contribution in [0.2, 0.25) is 0 Å². The quantitative estimate of drug-likeness (QED) is 0.801. The smallest absolute Gasteiger partial charge is 0.306 e. The second-order valence-electron chi connectivity index (χ2n) is 6.54. The number of carbonyl (C=O) groups excluding carboxylic acids is 2. The molecule has 2 N–H and O–H groups in total. The van der Waals surface area contributed by atoms with Crippen molar-refractivity contribution in [1.82, 2.24) is 10.2 Å². The Labute approximate surface area is 119 Å². The molecule has 0 aromatic carbocycles. The lowest BCUT2D eigenvalue weighted by Crippen LogP contribution is -2.47. The molecule has 0 unspecified atom stereocenters. The summed E-state index contributed by atoms with van der Waals surface area (Å²) in [6, 6.07) is 0. The fourth-order valence-electron chi connectivity index (χ4n) is 2.49. The summed E-state index contributed by atoms with van der Waals surface area (Å²) in [4.78, 5) is 36.2. The van der Waals surface area contributed by atoms with Gasteiger partial charge in [0, 0.05) is 18.5 Å². The first kappa shape index (κ1) is 16.5. The molecule has 0 bridgehead atoms. The molecular weight excluding hydrogens is 260 g/mol. The Morgan fingerprint density at radius 1 is 1.20 bits per heavy atom. The van der Waals surface area contributed by atoms with Gasteiger partial charge in [-0.15, -0.1) is 0 Å². The van der Waals surface area contributed by atoms with Crippen molar-refractivity contribution in [2.45, 2.75) is 45.6 Å². The Balaban J connectivity index is 2.48. The van der Waals surface area contributed by atoms with E-state index in [-0.39, 0.29) is 29.8 Å². The minimum absolute atomic E-state index is 0.00431. The summed E-state index contributed by atoms with van der Waals surface area (Å²) in [5.74, 6) is -1.89. The van der Waals surface area contributed by atoms with Crippen LogP contribution in [-0.4, -0.2) is 46.9 Å². The van der Waals surface area contributed by atoms with Crippen LogP contribution >= 0.6 is 0 Å². The summed E-state index contributed by atoms with van der Waals surface area (Å²) in [5, 5.41) is 11.7. The number of hydrogen-bond acceptors (Lipinski definition) is 3. The van der Waals surface area contributed by atoms with Gasteiger partial charge >= 0.3 is 5.97 Å². The van der Waals surface area contributed by atoms with E-state index in [1.165, 1.54) is 4.90 Å². The van der Waals surface area contributed by atoms with E-state index >= 15 is 0 Å². The molecule has 20 heavy (non-hydrogen) atoms. The van der Waals surface area contributed by atoms with Crippen molar-refractivity contribution in [1.29, 1.82) is 0 Å². The number of likely N-dealkylation sites (N-methyl/N-ethyl adjacent to an activating group) is 1. The van der Waals surface area contributed by atoms with Gasteiger partial charge in [-0.1, -0.05) is 0 Å². The van der Waals surface area contributed by atoms with E-state index in [0.29, 0.717) is 19.3 Å². The van der Waals surface area contributed by atoms with Crippen molar-refractivity contribution >= 4 is 17.8 Å². The van der Waals surface area contributed by atoms with Crippen LogP contribution in [-0.2, 0) is 14.4 Å². The number of rotatable bonds is 4. The molecule has 0 aromatic rings. The molecule has 0 aliphatic heterocycles. The molecule has 6 heteroatoms. The Bertz CT molecular complexity index is 400. The SMILES string of the molecule is CN(CC(=O)NC(C)(C)C)C(=O)[C@@H]1CC[C@H](C(=O)O)C1. The van der Waals surface area contributed by atoms with E-state index in [9.17, 15) is 14.4 Å². The summed E-state index contributed by atoms with van der Waals surface area (Å²) in [7, 11) is 1.58. The second-order valence-corrected chi connectivity index (χ2v) is 6.54. The molecule has 114 valence electrons. The monoisotopic (exact) mass is 284 g/mol. The molecule has 6 nitrogen and oxygen atoms in total. The molecule has 0 radical (unpaired) electrons. The first-order valence-corrected chi connectivity index (χ1v) is 6.89. The molecule has 1 aliphatic rings. The van der Waals surface area contributed by atoms with Gasteiger partial charge in [-0.3, -0.25) is 14.4 Å². The first-order valence-electron chi connectivity index (χ1n) is 6.89. The highest BCUT2D eigenvalue weighted by Gasteiger charge is 2.35. The summed E-state index contributed by atoms with van der Waals surface area (Å²) in [6.07, 6.45) is 1.49.